The normalized spacial score (nSPS) is 10.5. The number of rotatable bonds is 6. The highest BCUT2D eigenvalue weighted by atomic mass is 32.1. The van der Waals surface area contributed by atoms with E-state index in [9.17, 15) is 4.79 Å². The summed E-state index contributed by atoms with van der Waals surface area (Å²) in [5.41, 5.74) is 12.7. The molecule has 0 radical (unpaired) electrons. The van der Waals surface area contributed by atoms with Gasteiger partial charge in [0.25, 0.3) is 0 Å². The van der Waals surface area contributed by atoms with E-state index in [0.717, 1.165) is 17.7 Å². The Morgan fingerprint density at radius 1 is 1.41 bits per heavy atom. The van der Waals surface area contributed by atoms with Crippen molar-refractivity contribution >= 4 is 23.1 Å². The fourth-order valence-corrected chi connectivity index (χ4v) is 1.71. The molecule has 0 saturated heterocycles. The molecule has 0 unspecified atom stereocenters. The van der Waals surface area contributed by atoms with Gasteiger partial charge in [-0.2, -0.15) is 0 Å². The number of hydrogen-bond acceptors (Lipinski definition) is 3. The van der Waals surface area contributed by atoms with Crippen molar-refractivity contribution in [2.24, 2.45) is 11.5 Å². The standard InChI is InChI=1S/C12H17N3OS/c1-2-15(8-11(13)16)7-9-4-3-5-10(6-9)12(14)17/h3-6H,2,7-8H2,1H3,(H2,13,16)(H2,14,17). The highest BCUT2D eigenvalue weighted by Crippen LogP contribution is 2.08. The van der Waals surface area contributed by atoms with Crippen molar-refractivity contribution in [3.8, 4) is 0 Å². The molecule has 0 aliphatic rings. The van der Waals surface area contributed by atoms with Crippen LogP contribution in [-0.4, -0.2) is 28.9 Å². The summed E-state index contributed by atoms with van der Waals surface area (Å²) in [6, 6.07) is 7.69. The number of likely N-dealkylation sites (N-methyl/N-ethyl adjacent to an activating group) is 1. The summed E-state index contributed by atoms with van der Waals surface area (Å²) in [6.45, 7) is 3.67. The number of benzene rings is 1. The predicted molar refractivity (Wildman–Crippen MR) is 72.5 cm³/mol. The molecule has 1 aromatic carbocycles. The van der Waals surface area contributed by atoms with Crippen molar-refractivity contribution in [2.75, 3.05) is 13.1 Å². The van der Waals surface area contributed by atoms with Gasteiger partial charge in [0.05, 0.1) is 6.54 Å². The van der Waals surface area contributed by atoms with Crippen LogP contribution in [0.4, 0.5) is 0 Å². The zero-order valence-electron chi connectivity index (χ0n) is 9.85. The van der Waals surface area contributed by atoms with Crippen molar-refractivity contribution in [1.29, 1.82) is 0 Å². The molecule has 92 valence electrons. The SMILES string of the molecule is CCN(CC(N)=O)Cc1cccc(C(N)=S)c1. The third-order valence-electron chi connectivity index (χ3n) is 2.44. The highest BCUT2D eigenvalue weighted by Gasteiger charge is 2.07. The van der Waals surface area contributed by atoms with E-state index in [1.54, 1.807) is 0 Å². The summed E-state index contributed by atoms with van der Waals surface area (Å²) in [5, 5.41) is 0. The van der Waals surface area contributed by atoms with E-state index in [4.69, 9.17) is 23.7 Å². The van der Waals surface area contributed by atoms with Crippen molar-refractivity contribution < 1.29 is 4.79 Å². The highest BCUT2D eigenvalue weighted by molar-refractivity contribution is 7.80. The van der Waals surface area contributed by atoms with Gasteiger partial charge >= 0.3 is 0 Å². The molecule has 0 heterocycles. The van der Waals surface area contributed by atoms with Crippen LogP contribution in [-0.2, 0) is 11.3 Å². The maximum Gasteiger partial charge on any atom is 0.231 e. The van der Waals surface area contributed by atoms with Gasteiger partial charge in [0, 0.05) is 12.1 Å². The molecule has 1 amide bonds. The largest absolute Gasteiger partial charge is 0.389 e. The number of hydrogen-bond donors (Lipinski definition) is 2. The fourth-order valence-electron chi connectivity index (χ4n) is 1.58. The lowest BCUT2D eigenvalue weighted by Gasteiger charge is -2.18. The second kappa shape index (κ2) is 6.32. The van der Waals surface area contributed by atoms with Gasteiger partial charge in [0.15, 0.2) is 0 Å². The van der Waals surface area contributed by atoms with E-state index in [1.807, 2.05) is 36.1 Å². The number of amides is 1. The van der Waals surface area contributed by atoms with E-state index in [2.05, 4.69) is 0 Å². The Balaban J connectivity index is 2.75. The number of primary amides is 1. The Hall–Kier alpha value is -1.46. The summed E-state index contributed by atoms with van der Waals surface area (Å²) in [7, 11) is 0. The van der Waals surface area contributed by atoms with Crippen molar-refractivity contribution in [2.45, 2.75) is 13.5 Å². The first kappa shape index (κ1) is 13.6. The summed E-state index contributed by atoms with van der Waals surface area (Å²) in [6.07, 6.45) is 0. The summed E-state index contributed by atoms with van der Waals surface area (Å²) >= 11 is 4.92. The van der Waals surface area contributed by atoms with Gasteiger partial charge < -0.3 is 11.5 Å². The predicted octanol–water partition coefficient (Wildman–Crippen LogP) is 0.628. The first-order chi connectivity index (χ1) is 8.02. The average Bonchev–Trinajstić information content (AvgIpc) is 2.28. The lowest BCUT2D eigenvalue weighted by atomic mass is 10.1. The first-order valence-electron chi connectivity index (χ1n) is 5.42. The molecule has 0 saturated carbocycles. The first-order valence-corrected chi connectivity index (χ1v) is 5.83. The van der Waals surface area contributed by atoms with Crippen molar-refractivity contribution in [3.05, 3.63) is 35.4 Å². The van der Waals surface area contributed by atoms with Crippen LogP contribution in [0.5, 0.6) is 0 Å². The zero-order valence-corrected chi connectivity index (χ0v) is 10.7. The van der Waals surface area contributed by atoms with Crippen molar-refractivity contribution in [1.82, 2.24) is 4.90 Å². The molecule has 0 spiro atoms. The van der Waals surface area contributed by atoms with E-state index >= 15 is 0 Å². The maximum absolute atomic E-state index is 10.9. The van der Waals surface area contributed by atoms with Crippen LogP contribution in [0, 0.1) is 0 Å². The molecule has 1 aromatic rings. The quantitative estimate of drug-likeness (QED) is 0.727. The number of carbonyl (C=O) groups excluding carboxylic acids is 1. The summed E-state index contributed by atoms with van der Waals surface area (Å²) < 4.78 is 0. The Kier molecular flexibility index (Phi) is 5.06. The topological polar surface area (TPSA) is 72.3 Å². The molecule has 0 fully saturated rings. The lowest BCUT2D eigenvalue weighted by molar-refractivity contribution is -0.119. The molecule has 0 aliphatic heterocycles. The lowest BCUT2D eigenvalue weighted by Crippen LogP contribution is -2.33. The van der Waals surface area contributed by atoms with E-state index < -0.39 is 0 Å². The minimum Gasteiger partial charge on any atom is -0.389 e. The monoisotopic (exact) mass is 251 g/mol. The molecule has 4 N–H and O–H groups in total. The van der Waals surface area contributed by atoms with E-state index in [-0.39, 0.29) is 12.5 Å². The molecule has 1 rings (SSSR count). The van der Waals surface area contributed by atoms with Gasteiger partial charge in [0.1, 0.15) is 4.99 Å². The van der Waals surface area contributed by atoms with Crippen LogP contribution in [0.15, 0.2) is 24.3 Å². The van der Waals surface area contributed by atoms with Crippen LogP contribution in [0.2, 0.25) is 0 Å². The van der Waals surface area contributed by atoms with Crippen LogP contribution < -0.4 is 11.5 Å². The van der Waals surface area contributed by atoms with Gasteiger partial charge in [-0.25, -0.2) is 0 Å². The molecule has 17 heavy (non-hydrogen) atoms. The summed E-state index contributed by atoms with van der Waals surface area (Å²) in [5.74, 6) is -0.322. The van der Waals surface area contributed by atoms with Crippen LogP contribution in [0.3, 0.4) is 0 Å². The van der Waals surface area contributed by atoms with Crippen LogP contribution in [0.25, 0.3) is 0 Å². The molecular weight excluding hydrogens is 234 g/mol. The Morgan fingerprint density at radius 3 is 2.65 bits per heavy atom. The third kappa shape index (κ3) is 4.50. The van der Waals surface area contributed by atoms with E-state index in [0.29, 0.717) is 11.5 Å². The average molecular weight is 251 g/mol. The van der Waals surface area contributed by atoms with Gasteiger partial charge in [-0.15, -0.1) is 0 Å². The van der Waals surface area contributed by atoms with Crippen LogP contribution >= 0.6 is 12.2 Å². The van der Waals surface area contributed by atoms with Crippen LogP contribution in [0.1, 0.15) is 18.1 Å². The molecule has 0 aromatic heterocycles. The van der Waals surface area contributed by atoms with Gasteiger partial charge in [0.2, 0.25) is 5.91 Å². The molecule has 0 atom stereocenters. The number of thiocarbonyl (C=S) groups is 1. The third-order valence-corrected chi connectivity index (χ3v) is 2.68. The second-order valence-corrected chi connectivity index (χ2v) is 4.27. The van der Waals surface area contributed by atoms with E-state index in [1.165, 1.54) is 0 Å². The Labute approximate surface area is 107 Å². The summed E-state index contributed by atoms with van der Waals surface area (Å²) in [4.78, 5) is 13.2. The number of nitrogens with two attached hydrogens (primary N) is 2. The van der Waals surface area contributed by atoms with Gasteiger partial charge in [-0.05, 0) is 18.2 Å². The minimum absolute atomic E-state index is 0.258. The number of carbonyl (C=O) groups is 1. The molecule has 0 aliphatic carbocycles. The van der Waals surface area contributed by atoms with Crippen molar-refractivity contribution in [3.63, 3.8) is 0 Å². The molecule has 0 bridgehead atoms. The molecular formula is C12H17N3OS. The Bertz CT molecular complexity index is 420. The fraction of sp³-hybridized carbons (Fsp3) is 0.333. The Morgan fingerprint density at radius 2 is 2.12 bits per heavy atom. The smallest absolute Gasteiger partial charge is 0.231 e. The zero-order chi connectivity index (χ0) is 12.8. The molecule has 5 heteroatoms. The second-order valence-electron chi connectivity index (χ2n) is 3.83. The number of nitrogens with zero attached hydrogens (tertiary/aromatic N) is 1. The minimum atomic E-state index is -0.322. The maximum atomic E-state index is 10.9. The molecule has 4 nitrogen and oxygen atoms in total. The van der Waals surface area contributed by atoms with Gasteiger partial charge in [-0.1, -0.05) is 37.3 Å². The van der Waals surface area contributed by atoms with Gasteiger partial charge in [-0.3, -0.25) is 9.69 Å².